The standard InChI is InChI=1S/C16H18N2O/c1-11-6-7-12(2)15(9-11)13(3)18-16(19)14-5-4-8-17-10-14/h4-10,13H,1-3H3,(H,18,19)/t13-/m0/s1. The van der Waals surface area contributed by atoms with Crippen LogP contribution in [0.1, 0.15) is 40.0 Å². The van der Waals surface area contributed by atoms with Gasteiger partial charge in [-0.3, -0.25) is 9.78 Å². The van der Waals surface area contributed by atoms with Gasteiger partial charge in [-0.2, -0.15) is 0 Å². The number of carbonyl (C=O) groups excluding carboxylic acids is 1. The van der Waals surface area contributed by atoms with Gasteiger partial charge in [0.15, 0.2) is 0 Å². The van der Waals surface area contributed by atoms with Crippen molar-refractivity contribution in [3.63, 3.8) is 0 Å². The quantitative estimate of drug-likeness (QED) is 0.914. The van der Waals surface area contributed by atoms with Crippen LogP contribution < -0.4 is 5.32 Å². The highest BCUT2D eigenvalue weighted by Gasteiger charge is 2.13. The van der Waals surface area contributed by atoms with Crippen molar-refractivity contribution < 1.29 is 4.79 Å². The van der Waals surface area contributed by atoms with E-state index in [1.54, 1.807) is 24.5 Å². The summed E-state index contributed by atoms with van der Waals surface area (Å²) in [7, 11) is 0. The lowest BCUT2D eigenvalue weighted by atomic mass is 10.00. The third-order valence-electron chi connectivity index (χ3n) is 3.17. The van der Waals surface area contributed by atoms with Crippen molar-refractivity contribution in [3.8, 4) is 0 Å². The Morgan fingerprint density at radius 2 is 2.05 bits per heavy atom. The Morgan fingerprint density at radius 3 is 2.74 bits per heavy atom. The largest absolute Gasteiger partial charge is 0.345 e. The van der Waals surface area contributed by atoms with Crippen LogP contribution in [0.2, 0.25) is 0 Å². The number of nitrogens with one attached hydrogen (secondary N) is 1. The lowest BCUT2D eigenvalue weighted by molar-refractivity contribution is 0.0939. The molecule has 1 aromatic heterocycles. The molecular formula is C16H18N2O. The first-order chi connectivity index (χ1) is 9.08. The summed E-state index contributed by atoms with van der Waals surface area (Å²) in [6.45, 7) is 6.11. The number of aromatic nitrogens is 1. The minimum atomic E-state index is -0.0958. The third kappa shape index (κ3) is 3.19. The van der Waals surface area contributed by atoms with Gasteiger partial charge in [0.25, 0.3) is 5.91 Å². The highest BCUT2D eigenvalue weighted by Crippen LogP contribution is 2.19. The average molecular weight is 254 g/mol. The molecule has 1 aromatic carbocycles. The van der Waals surface area contributed by atoms with Crippen LogP contribution in [0.5, 0.6) is 0 Å². The SMILES string of the molecule is Cc1ccc(C)c([C@H](C)NC(=O)c2cccnc2)c1. The molecule has 2 rings (SSSR count). The van der Waals surface area contributed by atoms with Crippen LogP contribution in [0.3, 0.4) is 0 Å². The summed E-state index contributed by atoms with van der Waals surface area (Å²) < 4.78 is 0. The summed E-state index contributed by atoms with van der Waals surface area (Å²) >= 11 is 0. The third-order valence-corrected chi connectivity index (χ3v) is 3.17. The topological polar surface area (TPSA) is 42.0 Å². The fourth-order valence-electron chi connectivity index (χ4n) is 2.08. The van der Waals surface area contributed by atoms with Crippen molar-refractivity contribution in [2.45, 2.75) is 26.8 Å². The fourth-order valence-corrected chi connectivity index (χ4v) is 2.08. The number of benzene rings is 1. The highest BCUT2D eigenvalue weighted by molar-refractivity contribution is 5.94. The number of pyridine rings is 1. The van der Waals surface area contributed by atoms with Gasteiger partial charge in [0.2, 0.25) is 0 Å². The monoisotopic (exact) mass is 254 g/mol. The number of nitrogens with zero attached hydrogens (tertiary/aromatic N) is 1. The molecule has 0 radical (unpaired) electrons. The molecule has 0 aliphatic heterocycles. The van der Waals surface area contributed by atoms with Gasteiger partial charge in [0.1, 0.15) is 0 Å². The van der Waals surface area contributed by atoms with Crippen molar-refractivity contribution in [1.29, 1.82) is 0 Å². The molecule has 0 fully saturated rings. The van der Waals surface area contributed by atoms with E-state index in [0.717, 1.165) is 5.56 Å². The molecule has 0 unspecified atom stereocenters. The summed E-state index contributed by atoms with van der Waals surface area (Å²) in [5, 5.41) is 3.00. The summed E-state index contributed by atoms with van der Waals surface area (Å²) in [5.41, 5.74) is 4.12. The molecule has 3 heteroatoms. The van der Waals surface area contributed by atoms with E-state index in [9.17, 15) is 4.79 Å². The molecule has 3 nitrogen and oxygen atoms in total. The smallest absolute Gasteiger partial charge is 0.253 e. The van der Waals surface area contributed by atoms with Crippen LogP contribution in [0.15, 0.2) is 42.7 Å². The van der Waals surface area contributed by atoms with Gasteiger partial charge >= 0.3 is 0 Å². The van der Waals surface area contributed by atoms with Crippen molar-refractivity contribution in [2.24, 2.45) is 0 Å². The van der Waals surface area contributed by atoms with Gasteiger partial charge in [0.05, 0.1) is 11.6 Å². The van der Waals surface area contributed by atoms with E-state index >= 15 is 0 Å². The van der Waals surface area contributed by atoms with E-state index < -0.39 is 0 Å². The van der Waals surface area contributed by atoms with Crippen LogP contribution >= 0.6 is 0 Å². The second-order valence-electron chi connectivity index (χ2n) is 4.80. The van der Waals surface area contributed by atoms with Gasteiger partial charge in [-0.15, -0.1) is 0 Å². The molecule has 1 atom stereocenters. The van der Waals surface area contributed by atoms with Crippen LogP contribution in [0.25, 0.3) is 0 Å². The maximum Gasteiger partial charge on any atom is 0.253 e. The van der Waals surface area contributed by atoms with E-state index in [1.165, 1.54) is 11.1 Å². The minimum Gasteiger partial charge on any atom is -0.345 e. The molecule has 2 aromatic rings. The zero-order chi connectivity index (χ0) is 13.8. The zero-order valence-electron chi connectivity index (χ0n) is 11.5. The first-order valence-electron chi connectivity index (χ1n) is 6.36. The molecule has 1 amide bonds. The van der Waals surface area contributed by atoms with E-state index in [4.69, 9.17) is 0 Å². The maximum atomic E-state index is 12.1. The summed E-state index contributed by atoms with van der Waals surface area (Å²) in [4.78, 5) is 16.0. The highest BCUT2D eigenvalue weighted by atomic mass is 16.1. The number of aryl methyl sites for hydroxylation is 2. The Kier molecular flexibility index (Phi) is 3.95. The van der Waals surface area contributed by atoms with Gasteiger partial charge in [-0.05, 0) is 44.0 Å². The predicted molar refractivity (Wildman–Crippen MR) is 76.0 cm³/mol. The van der Waals surface area contributed by atoms with Crippen LogP contribution in [0, 0.1) is 13.8 Å². The first-order valence-corrected chi connectivity index (χ1v) is 6.36. The molecule has 19 heavy (non-hydrogen) atoms. The second kappa shape index (κ2) is 5.65. The number of carbonyl (C=O) groups is 1. The number of hydrogen-bond acceptors (Lipinski definition) is 2. The summed E-state index contributed by atoms with van der Waals surface area (Å²) in [6, 6.07) is 9.78. The summed E-state index contributed by atoms with van der Waals surface area (Å²) in [5.74, 6) is -0.0958. The lowest BCUT2D eigenvalue weighted by Gasteiger charge is -2.17. The minimum absolute atomic E-state index is 0.0207. The number of amides is 1. The molecule has 0 aliphatic rings. The van der Waals surface area contributed by atoms with Gasteiger partial charge in [0, 0.05) is 12.4 Å². The summed E-state index contributed by atoms with van der Waals surface area (Å²) in [6.07, 6.45) is 3.23. The van der Waals surface area contributed by atoms with Crippen LogP contribution in [0.4, 0.5) is 0 Å². The molecule has 1 N–H and O–H groups in total. The molecule has 1 heterocycles. The van der Waals surface area contributed by atoms with Crippen molar-refractivity contribution >= 4 is 5.91 Å². The van der Waals surface area contributed by atoms with E-state index in [2.05, 4.69) is 42.3 Å². The van der Waals surface area contributed by atoms with Gasteiger partial charge in [-0.25, -0.2) is 0 Å². The molecule has 0 aliphatic carbocycles. The van der Waals surface area contributed by atoms with E-state index in [-0.39, 0.29) is 11.9 Å². The fraction of sp³-hybridized carbons (Fsp3) is 0.250. The maximum absolute atomic E-state index is 12.1. The molecular weight excluding hydrogens is 236 g/mol. The number of hydrogen-bond donors (Lipinski definition) is 1. The Hall–Kier alpha value is -2.16. The average Bonchev–Trinajstić information content (AvgIpc) is 2.42. The molecule has 0 spiro atoms. The van der Waals surface area contributed by atoms with Crippen LogP contribution in [-0.2, 0) is 0 Å². The molecule has 98 valence electrons. The normalized spacial score (nSPS) is 11.9. The first kappa shape index (κ1) is 13.3. The lowest BCUT2D eigenvalue weighted by Crippen LogP contribution is -2.27. The molecule has 0 saturated carbocycles. The van der Waals surface area contributed by atoms with Gasteiger partial charge in [-0.1, -0.05) is 23.8 Å². The van der Waals surface area contributed by atoms with E-state index in [0.29, 0.717) is 5.56 Å². The van der Waals surface area contributed by atoms with E-state index in [1.807, 2.05) is 6.92 Å². The van der Waals surface area contributed by atoms with Crippen molar-refractivity contribution in [2.75, 3.05) is 0 Å². The van der Waals surface area contributed by atoms with Gasteiger partial charge < -0.3 is 5.32 Å². The molecule has 0 bridgehead atoms. The Balaban J connectivity index is 2.15. The Labute approximate surface area is 113 Å². The second-order valence-corrected chi connectivity index (χ2v) is 4.80. The van der Waals surface area contributed by atoms with Crippen LogP contribution in [-0.4, -0.2) is 10.9 Å². The molecule has 0 saturated heterocycles. The van der Waals surface area contributed by atoms with Crippen molar-refractivity contribution in [1.82, 2.24) is 10.3 Å². The number of rotatable bonds is 3. The Bertz CT molecular complexity index is 579. The predicted octanol–water partition coefficient (Wildman–Crippen LogP) is 3.19. The Morgan fingerprint density at radius 1 is 1.26 bits per heavy atom. The van der Waals surface area contributed by atoms with Crippen molar-refractivity contribution in [3.05, 3.63) is 65.0 Å². The zero-order valence-corrected chi connectivity index (χ0v) is 11.5.